The van der Waals surface area contributed by atoms with Crippen LogP contribution in [-0.2, 0) is 14.3 Å². The summed E-state index contributed by atoms with van der Waals surface area (Å²) in [6.45, 7) is 8.77. The third-order valence-corrected chi connectivity index (χ3v) is 2.42. The molecule has 0 aromatic carbocycles. The van der Waals surface area contributed by atoms with Crippen LogP contribution in [0.5, 0.6) is 0 Å². The zero-order valence-electron chi connectivity index (χ0n) is 10.9. The van der Waals surface area contributed by atoms with Crippen LogP contribution in [0.1, 0.15) is 41.0 Å². The number of ketones is 1. The average Bonchev–Trinajstić information content (AvgIpc) is 2.37. The van der Waals surface area contributed by atoms with Crippen molar-refractivity contribution >= 4 is 17.8 Å². The maximum Gasteiger partial charge on any atom is 0.417 e. The molecule has 96 valence electrons. The second-order valence-electron chi connectivity index (χ2n) is 5.58. The lowest BCUT2D eigenvalue weighted by atomic mass is 10.0. The number of imide groups is 1. The molecule has 1 fully saturated rings. The van der Waals surface area contributed by atoms with E-state index in [0.717, 1.165) is 4.90 Å². The number of amides is 2. The molecule has 17 heavy (non-hydrogen) atoms. The van der Waals surface area contributed by atoms with Gasteiger partial charge in [-0.2, -0.15) is 0 Å². The molecule has 1 rings (SSSR count). The summed E-state index contributed by atoms with van der Waals surface area (Å²) in [5, 5.41) is 0. The highest BCUT2D eigenvalue weighted by Crippen LogP contribution is 2.24. The predicted molar refractivity (Wildman–Crippen MR) is 61.3 cm³/mol. The smallest absolute Gasteiger partial charge is 0.417 e. The van der Waals surface area contributed by atoms with Crippen LogP contribution in [0.15, 0.2) is 0 Å². The van der Waals surface area contributed by atoms with Crippen LogP contribution in [0, 0.1) is 5.92 Å². The first-order chi connectivity index (χ1) is 7.63. The Morgan fingerprint density at radius 2 is 1.88 bits per heavy atom. The largest absolute Gasteiger partial charge is 0.443 e. The normalized spacial score (nSPS) is 21.3. The van der Waals surface area contributed by atoms with Gasteiger partial charge in [-0.15, -0.1) is 0 Å². The van der Waals surface area contributed by atoms with E-state index in [1.807, 2.05) is 0 Å². The lowest BCUT2D eigenvalue weighted by Crippen LogP contribution is -2.45. The van der Waals surface area contributed by atoms with Crippen molar-refractivity contribution in [2.24, 2.45) is 5.92 Å². The molecule has 1 atom stereocenters. The first kappa shape index (κ1) is 13.7. The van der Waals surface area contributed by atoms with E-state index in [2.05, 4.69) is 0 Å². The Bertz CT molecular complexity index is 354. The van der Waals surface area contributed by atoms with E-state index in [-0.39, 0.29) is 18.1 Å². The summed E-state index contributed by atoms with van der Waals surface area (Å²) in [6, 6.07) is -0.683. The molecule has 0 radical (unpaired) electrons. The minimum Gasteiger partial charge on any atom is -0.443 e. The Balaban J connectivity index is 2.90. The number of nitrogens with zero attached hydrogens (tertiary/aromatic N) is 1. The minimum atomic E-state index is -0.730. The number of carbonyl (C=O) groups excluding carboxylic acids is 3. The highest BCUT2D eigenvalue weighted by Gasteiger charge is 2.45. The minimum absolute atomic E-state index is 0.0959. The number of likely N-dealkylation sites (tertiary alicyclic amines) is 1. The molecular formula is C12H19NO4. The fraction of sp³-hybridized carbons (Fsp3) is 0.750. The lowest BCUT2D eigenvalue weighted by Gasteiger charge is -2.28. The molecule has 0 aromatic rings. The molecular weight excluding hydrogens is 222 g/mol. The zero-order valence-corrected chi connectivity index (χ0v) is 10.9. The van der Waals surface area contributed by atoms with Crippen molar-refractivity contribution in [3.8, 4) is 0 Å². The van der Waals surface area contributed by atoms with Gasteiger partial charge in [-0.05, 0) is 26.7 Å². The standard InChI is InChI=1S/C12H19NO4/c1-7(2)10-8(14)6-9(15)13(10)11(16)17-12(3,4)5/h7,10H,6H2,1-5H3. The zero-order chi connectivity index (χ0) is 13.4. The predicted octanol–water partition coefficient (Wildman–Crippen LogP) is 1.75. The van der Waals surface area contributed by atoms with Crippen molar-refractivity contribution in [1.29, 1.82) is 0 Å². The quantitative estimate of drug-likeness (QED) is 0.656. The van der Waals surface area contributed by atoms with E-state index in [0.29, 0.717) is 0 Å². The van der Waals surface area contributed by atoms with E-state index in [4.69, 9.17) is 4.74 Å². The van der Waals surface area contributed by atoms with Crippen molar-refractivity contribution in [3.05, 3.63) is 0 Å². The van der Waals surface area contributed by atoms with Crippen molar-refractivity contribution in [1.82, 2.24) is 4.90 Å². The second-order valence-corrected chi connectivity index (χ2v) is 5.58. The fourth-order valence-corrected chi connectivity index (χ4v) is 1.83. The number of rotatable bonds is 1. The number of ether oxygens (including phenoxy) is 1. The Morgan fingerprint density at radius 1 is 1.35 bits per heavy atom. The lowest BCUT2D eigenvalue weighted by molar-refractivity contribution is -0.128. The van der Waals surface area contributed by atoms with Gasteiger partial charge in [0.15, 0.2) is 5.78 Å². The fourth-order valence-electron chi connectivity index (χ4n) is 1.83. The van der Waals surface area contributed by atoms with Gasteiger partial charge in [-0.1, -0.05) is 13.8 Å². The molecule has 0 saturated carbocycles. The summed E-state index contributed by atoms with van der Waals surface area (Å²) < 4.78 is 5.13. The highest BCUT2D eigenvalue weighted by atomic mass is 16.6. The third-order valence-electron chi connectivity index (χ3n) is 2.42. The Kier molecular flexibility index (Phi) is 3.59. The summed E-state index contributed by atoms with van der Waals surface area (Å²) in [7, 11) is 0. The summed E-state index contributed by atoms with van der Waals surface area (Å²) in [4.78, 5) is 36.1. The maximum absolute atomic E-state index is 11.9. The average molecular weight is 241 g/mol. The molecule has 1 heterocycles. The van der Waals surface area contributed by atoms with Crippen LogP contribution in [0.4, 0.5) is 4.79 Å². The van der Waals surface area contributed by atoms with Gasteiger partial charge in [0.05, 0.1) is 6.42 Å². The number of hydrogen-bond acceptors (Lipinski definition) is 4. The van der Waals surface area contributed by atoms with Crippen molar-refractivity contribution in [3.63, 3.8) is 0 Å². The molecule has 5 nitrogen and oxygen atoms in total. The van der Waals surface area contributed by atoms with Gasteiger partial charge < -0.3 is 4.74 Å². The van der Waals surface area contributed by atoms with Gasteiger partial charge in [-0.25, -0.2) is 9.69 Å². The van der Waals surface area contributed by atoms with Crippen LogP contribution in [0.2, 0.25) is 0 Å². The van der Waals surface area contributed by atoms with Gasteiger partial charge in [-0.3, -0.25) is 9.59 Å². The summed E-state index contributed by atoms with van der Waals surface area (Å²) in [5.74, 6) is -0.778. The summed E-state index contributed by atoms with van der Waals surface area (Å²) in [6.07, 6.45) is -0.936. The third kappa shape index (κ3) is 3.05. The molecule has 0 aliphatic carbocycles. The summed E-state index contributed by atoms with van der Waals surface area (Å²) >= 11 is 0. The van der Waals surface area contributed by atoms with E-state index in [1.165, 1.54) is 0 Å². The molecule has 1 aliphatic heterocycles. The molecule has 5 heteroatoms. The Labute approximate surface area is 101 Å². The molecule has 0 spiro atoms. The van der Waals surface area contributed by atoms with E-state index >= 15 is 0 Å². The molecule has 0 bridgehead atoms. The van der Waals surface area contributed by atoms with Crippen LogP contribution in [-0.4, -0.2) is 34.3 Å². The molecule has 0 aromatic heterocycles. The second kappa shape index (κ2) is 4.47. The summed E-state index contributed by atoms with van der Waals surface area (Å²) in [5.41, 5.74) is -0.676. The first-order valence-corrected chi connectivity index (χ1v) is 5.71. The van der Waals surface area contributed by atoms with Crippen LogP contribution in [0.25, 0.3) is 0 Å². The Morgan fingerprint density at radius 3 is 2.29 bits per heavy atom. The van der Waals surface area contributed by atoms with Crippen molar-refractivity contribution in [2.75, 3.05) is 0 Å². The molecule has 1 unspecified atom stereocenters. The van der Waals surface area contributed by atoms with Crippen LogP contribution in [0.3, 0.4) is 0 Å². The van der Waals surface area contributed by atoms with E-state index in [1.54, 1.807) is 34.6 Å². The highest BCUT2D eigenvalue weighted by molar-refractivity contribution is 6.13. The van der Waals surface area contributed by atoms with Gasteiger partial charge in [0.2, 0.25) is 5.91 Å². The van der Waals surface area contributed by atoms with Gasteiger partial charge in [0.1, 0.15) is 11.6 Å². The topological polar surface area (TPSA) is 63.7 Å². The maximum atomic E-state index is 11.9. The van der Waals surface area contributed by atoms with Crippen LogP contribution >= 0.6 is 0 Å². The molecule has 1 saturated heterocycles. The van der Waals surface area contributed by atoms with Crippen molar-refractivity contribution < 1.29 is 19.1 Å². The van der Waals surface area contributed by atoms with Gasteiger partial charge >= 0.3 is 6.09 Å². The van der Waals surface area contributed by atoms with Gasteiger partial charge in [0, 0.05) is 0 Å². The first-order valence-electron chi connectivity index (χ1n) is 5.71. The van der Waals surface area contributed by atoms with Crippen LogP contribution < -0.4 is 0 Å². The molecule has 0 N–H and O–H groups in total. The number of Topliss-reactive ketones (excluding diaryl/α,β-unsaturated/α-hetero) is 1. The van der Waals surface area contributed by atoms with Crippen molar-refractivity contribution in [2.45, 2.75) is 52.7 Å². The Hall–Kier alpha value is -1.39. The van der Waals surface area contributed by atoms with E-state index < -0.39 is 23.6 Å². The number of hydrogen-bond donors (Lipinski definition) is 0. The SMILES string of the molecule is CC(C)C1C(=O)CC(=O)N1C(=O)OC(C)(C)C. The number of carbonyl (C=O) groups is 3. The molecule has 2 amide bonds. The monoisotopic (exact) mass is 241 g/mol. The van der Waals surface area contributed by atoms with Gasteiger partial charge in [0.25, 0.3) is 0 Å². The van der Waals surface area contributed by atoms with E-state index in [9.17, 15) is 14.4 Å². The molecule has 1 aliphatic rings.